The van der Waals surface area contributed by atoms with Crippen LogP contribution in [-0.4, -0.2) is 54.4 Å². The van der Waals surface area contributed by atoms with Crippen LogP contribution in [0.2, 0.25) is 0 Å². The average molecular weight is 407 g/mol. The van der Waals surface area contributed by atoms with Gasteiger partial charge in [0.2, 0.25) is 17.7 Å². The van der Waals surface area contributed by atoms with Gasteiger partial charge in [0.15, 0.2) is 0 Å². The number of nitrogens with zero attached hydrogens (tertiary/aromatic N) is 3. The minimum atomic E-state index is -0.0621. The molecule has 1 saturated heterocycles. The summed E-state index contributed by atoms with van der Waals surface area (Å²) in [6.07, 6.45) is 0. The Morgan fingerprint density at radius 2 is 1.80 bits per heavy atom. The summed E-state index contributed by atoms with van der Waals surface area (Å²) in [5.41, 5.74) is 1.92. The van der Waals surface area contributed by atoms with E-state index in [-0.39, 0.29) is 24.3 Å². The summed E-state index contributed by atoms with van der Waals surface area (Å²) in [4.78, 5) is 14.5. The highest BCUT2D eigenvalue weighted by atomic mass is 16.5. The molecule has 1 amide bonds. The van der Waals surface area contributed by atoms with E-state index in [0.717, 1.165) is 11.1 Å². The van der Waals surface area contributed by atoms with Gasteiger partial charge in [0.05, 0.1) is 19.1 Å². The van der Waals surface area contributed by atoms with E-state index >= 15 is 0 Å². The first-order valence-electron chi connectivity index (χ1n) is 10.0. The zero-order chi connectivity index (χ0) is 20.8. The van der Waals surface area contributed by atoms with Crippen LogP contribution in [0.1, 0.15) is 17.4 Å². The maximum absolute atomic E-state index is 12.7. The molecular weight excluding hydrogens is 382 g/mol. The number of likely N-dealkylation sites (tertiary alicyclic amines) is 1. The van der Waals surface area contributed by atoms with E-state index in [1.165, 1.54) is 0 Å². The van der Waals surface area contributed by atoms with Crippen molar-refractivity contribution in [1.82, 2.24) is 15.1 Å². The highest BCUT2D eigenvalue weighted by Crippen LogP contribution is 2.33. The summed E-state index contributed by atoms with van der Waals surface area (Å²) in [6.45, 7) is 2.06. The van der Waals surface area contributed by atoms with E-state index in [2.05, 4.69) is 10.2 Å². The molecule has 0 bridgehead atoms. The van der Waals surface area contributed by atoms with Gasteiger partial charge >= 0.3 is 0 Å². The fourth-order valence-electron chi connectivity index (χ4n) is 3.74. The fraction of sp³-hybridized carbons (Fsp3) is 0.348. The Kier molecular flexibility index (Phi) is 6.51. The number of aromatic nitrogens is 2. The number of carbonyl (C=O) groups is 1. The smallest absolute Gasteiger partial charge is 0.248 e. The third-order valence-corrected chi connectivity index (χ3v) is 5.29. The Balaban J connectivity index is 1.39. The molecular formula is C23H25N3O4. The molecule has 2 aromatic carbocycles. The minimum absolute atomic E-state index is 0.0421. The Hall–Kier alpha value is -3.03. The monoisotopic (exact) mass is 407 g/mol. The van der Waals surface area contributed by atoms with Crippen molar-refractivity contribution in [3.63, 3.8) is 0 Å². The second-order valence-corrected chi connectivity index (χ2v) is 7.41. The summed E-state index contributed by atoms with van der Waals surface area (Å²) in [5, 5.41) is 8.45. The second-order valence-electron chi connectivity index (χ2n) is 7.41. The Bertz CT molecular complexity index is 945. The van der Waals surface area contributed by atoms with E-state index in [9.17, 15) is 4.79 Å². The van der Waals surface area contributed by atoms with E-state index in [1.54, 1.807) is 12.0 Å². The van der Waals surface area contributed by atoms with Gasteiger partial charge in [-0.25, -0.2) is 0 Å². The average Bonchev–Trinajstić information content (AvgIpc) is 3.43. The van der Waals surface area contributed by atoms with Gasteiger partial charge in [0, 0.05) is 31.7 Å². The lowest BCUT2D eigenvalue weighted by molar-refractivity contribution is -0.135. The van der Waals surface area contributed by atoms with Gasteiger partial charge in [-0.05, 0) is 17.7 Å². The van der Waals surface area contributed by atoms with Crippen LogP contribution >= 0.6 is 0 Å². The summed E-state index contributed by atoms with van der Waals surface area (Å²) in [5.74, 6) is 1.01. The zero-order valence-corrected chi connectivity index (χ0v) is 16.9. The molecule has 2 heterocycles. The van der Waals surface area contributed by atoms with Gasteiger partial charge in [0.1, 0.15) is 6.61 Å². The topological polar surface area (TPSA) is 77.7 Å². The second kappa shape index (κ2) is 9.65. The van der Waals surface area contributed by atoms with E-state index in [0.29, 0.717) is 38.1 Å². The van der Waals surface area contributed by atoms with E-state index in [1.807, 2.05) is 60.7 Å². The molecule has 0 N–H and O–H groups in total. The lowest BCUT2D eigenvalue weighted by Crippen LogP contribution is -2.32. The fourth-order valence-corrected chi connectivity index (χ4v) is 3.74. The number of benzene rings is 2. The molecule has 30 heavy (non-hydrogen) atoms. The predicted molar refractivity (Wildman–Crippen MR) is 111 cm³/mol. The number of rotatable bonds is 8. The number of methoxy groups -OCH3 is 1. The molecule has 1 aromatic heterocycles. The number of amides is 1. The highest BCUT2D eigenvalue weighted by molar-refractivity contribution is 5.78. The van der Waals surface area contributed by atoms with Crippen LogP contribution in [0.4, 0.5) is 0 Å². The largest absolute Gasteiger partial charge is 0.420 e. The summed E-state index contributed by atoms with van der Waals surface area (Å²) >= 11 is 0. The highest BCUT2D eigenvalue weighted by Gasteiger charge is 2.39. The third kappa shape index (κ3) is 4.75. The van der Waals surface area contributed by atoms with Gasteiger partial charge in [-0.2, -0.15) is 0 Å². The van der Waals surface area contributed by atoms with Crippen molar-refractivity contribution in [2.45, 2.75) is 12.5 Å². The Morgan fingerprint density at radius 3 is 2.53 bits per heavy atom. The number of ether oxygens (including phenoxy) is 2. The SMILES string of the molecule is COC[C@@H]1CN(C(=O)COCc2ccccc2)C[C@H]1c1nnc(-c2ccccc2)o1. The van der Waals surface area contributed by atoms with Crippen LogP contribution in [0.3, 0.4) is 0 Å². The van der Waals surface area contributed by atoms with Crippen molar-refractivity contribution in [1.29, 1.82) is 0 Å². The quantitative estimate of drug-likeness (QED) is 0.571. The number of hydrogen-bond donors (Lipinski definition) is 0. The minimum Gasteiger partial charge on any atom is -0.420 e. The maximum Gasteiger partial charge on any atom is 0.248 e. The normalized spacial score (nSPS) is 18.6. The number of carbonyl (C=O) groups excluding carboxylic acids is 1. The molecule has 0 unspecified atom stereocenters. The Labute approximate surface area is 175 Å². The molecule has 0 radical (unpaired) electrons. The zero-order valence-electron chi connectivity index (χ0n) is 16.9. The predicted octanol–water partition coefficient (Wildman–Crippen LogP) is 3.14. The Morgan fingerprint density at radius 1 is 1.07 bits per heavy atom. The summed E-state index contributed by atoms with van der Waals surface area (Å²) in [6, 6.07) is 19.5. The van der Waals surface area contributed by atoms with Crippen LogP contribution in [0.25, 0.3) is 11.5 Å². The number of hydrogen-bond acceptors (Lipinski definition) is 6. The molecule has 1 fully saturated rings. The van der Waals surface area contributed by atoms with Gasteiger partial charge in [-0.15, -0.1) is 10.2 Å². The summed E-state index contributed by atoms with van der Waals surface area (Å²) in [7, 11) is 1.66. The molecule has 4 rings (SSSR count). The van der Waals surface area contributed by atoms with Crippen molar-refractivity contribution < 1.29 is 18.7 Å². The first-order valence-corrected chi connectivity index (χ1v) is 10.0. The molecule has 2 atom stereocenters. The summed E-state index contributed by atoms with van der Waals surface area (Å²) < 4.78 is 16.9. The van der Waals surface area contributed by atoms with Crippen LogP contribution in [0, 0.1) is 5.92 Å². The lowest BCUT2D eigenvalue weighted by Gasteiger charge is -2.16. The van der Waals surface area contributed by atoms with Gasteiger partial charge in [-0.1, -0.05) is 48.5 Å². The molecule has 1 aliphatic heterocycles. The van der Waals surface area contributed by atoms with Crippen LogP contribution in [0.5, 0.6) is 0 Å². The molecule has 7 nitrogen and oxygen atoms in total. The third-order valence-electron chi connectivity index (χ3n) is 5.29. The van der Waals surface area contributed by atoms with Crippen molar-refractivity contribution in [3.05, 3.63) is 72.1 Å². The van der Waals surface area contributed by atoms with Crippen LogP contribution in [-0.2, 0) is 20.9 Å². The molecule has 0 saturated carbocycles. The van der Waals surface area contributed by atoms with Crippen molar-refractivity contribution in [2.24, 2.45) is 5.92 Å². The van der Waals surface area contributed by atoms with Gasteiger partial charge in [0.25, 0.3) is 0 Å². The maximum atomic E-state index is 12.7. The first-order chi connectivity index (χ1) is 14.7. The van der Waals surface area contributed by atoms with Crippen molar-refractivity contribution in [2.75, 3.05) is 33.4 Å². The molecule has 1 aliphatic rings. The van der Waals surface area contributed by atoms with Gasteiger partial charge < -0.3 is 18.8 Å². The molecule has 0 spiro atoms. The molecule has 3 aromatic rings. The van der Waals surface area contributed by atoms with Crippen molar-refractivity contribution >= 4 is 5.91 Å². The van der Waals surface area contributed by atoms with Crippen LogP contribution < -0.4 is 0 Å². The van der Waals surface area contributed by atoms with Crippen molar-refractivity contribution in [3.8, 4) is 11.5 Å². The molecule has 0 aliphatic carbocycles. The van der Waals surface area contributed by atoms with E-state index < -0.39 is 0 Å². The molecule has 7 heteroatoms. The standard InChI is InChI=1S/C23H25N3O4/c1-28-15-19-12-26(21(27)16-29-14-17-8-4-2-5-9-17)13-20(19)23-25-24-22(30-23)18-10-6-3-7-11-18/h2-11,19-20H,12-16H2,1H3/t19-,20+/m0/s1. The van der Waals surface area contributed by atoms with Crippen LogP contribution in [0.15, 0.2) is 65.1 Å². The van der Waals surface area contributed by atoms with Gasteiger partial charge in [-0.3, -0.25) is 4.79 Å². The van der Waals surface area contributed by atoms with E-state index in [4.69, 9.17) is 13.9 Å². The molecule has 156 valence electrons. The lowest BCUT2D eigenvalue weighted by atomic mass is 9.97. The first kappa shape index (κ1) is 20.3.